The van der Waals surface area contributed by atoms with Gasteiger partial charge in [-0.2, -0.15) is 0 Å². The first kappa shape index (κ1) is 16.8. The van der Waals surface area contributed by atoms with E-state index in [1.165, 1.54) is 4.31 Å². The second-order valence-corrected chi connectivity index (χ2v) is 7.91. The minimum absolute atomic E-state index is 0.280. The van der Waals surface area contributed by atoms with Gasteiger partial charge in [-0.05, 0) is 54.4 Å². The SMILES string of the molecule is CCN(c1cc(Cl)ccc1C)S(=O)(=O)c1ccc2ccccc2c1. The fourth-order valence-electron chi connectivity index (χ4n) is 2.78. The summed E-state index contributed by atoms with van der Waals surface area (Å²) in [6.07, 6.45) is 0. The number of aryl methyl sites for hydroxylation is 1. The zero-order chi connectivity index (χ0) is 17.3. The first-order valence-electron chi connectivity index (χ1n) is 7.71. The lowest BCUT2D eigenvalue weighted by Gasteiger charge is -2.25. The van der Waals surface area contributed by atoms with Gasteiger partial charge in [0, 0.05) is 11.6 Å². The van der Waals surface area contributed by atoms with Gasteiger partial charge >= 0.3 is 0 Å². The lowest BCUT2D eigenvalue weighted by atomic mass is 10.1. The zero-order valence-electron chi connectivity index (χ0n) is 13.5. The van der Waals surface area contributed by atoms with Crippen LogP contribution in [0.5, 0.6) is 0 Å². The van der Waals surface area contributed by atoms with Gasteiger partial charge in [-0.1, -0.05) is 48.0 Å². The average Bonchev–Trinajstić information content (AvgIpc) is 2.58. The van der Waals surface area contributed by atoms with Crippen molar-refractivity contribution in [2.75, 3.05) is 10.8 Å². The molecule has 0 aliphatic heterocycles. The number of halogens is 1. The minimum atomic E-state index is -3.66. The molecule has 0 N–H and O–H groups in total. The van der Waals surface area contributed by atoms with Gasteiger partial charge in [-0.25, -0.2) is 8.42 Å². The van der Waals surface area contributed by atoms with Crippen molar-refractivity contribution in [3.63, 3.8) is 0 Å². The van der Waals surface area contributed by atoms with Gasteiger partial charge in [0.05, 0.1) is 10.6 Å². The number of anilines is 1. The van der Waals surface area contributed by atoms with E-state index in [9.17, 15) is 8.42 Å². The third kappa shape index (κ3) is 2.99. The maximum Gasteiger partial charge on any atom is 0.264 e. The van der Waals surface area contributed by atoms with Gasteiger partial charge in [-0.15, -0.1) is 0 Å². The number of benzene rings is 3. The van der Waals surface area contributed by atoms with Crippen LogP contribution < -0.4 is 4.31 Å². The number of sulfonamides is 1. The van der Waals surface area contributed by atoms with Crippen LogP contribution in [-0.4, -0.2) is 15.0 Å². The molecule has 0 aromatic heterocycles. The molecule has 0 aliphatic carbocycles. The van der Waals surface area contributed by atoms with E-state index in [1.54, 1.807) is 24.3 Å². The van der Waals surface area contributed by atoms with Crippen LogP contribution in [0, 0.1) is 6.92 Å². The maximum atomic E-state index is 13.2. The molecule has 3 nitrogen and oxygen atoms in total. The van der Waals surface area contributed by atoms with Crippen molar-refractivity contribution in [3.8, 4) is 0 Å². The summed E-state index contributed by atoms with van der Waals surface area (Å²) in [5.74, 6) is 0. The number of hydrogen-bond acceptors (Lipinski definition) is 2. The Bertz CT molecular complexity index is 999. The van der Waals surface area contributed by atoms with Gasteiger partial charge in [0.2, 0.25) is 0 Å². The molecule has 0 saturated heterocycles. The Morgan fingerprint density at radius 2 is 1.67 bits per heavy atom. The molecule has 3 aromatic carbocycles. The summed E-state index contributed by atoms with van der Waals surface area (Å²) < 4.78 is 27.7. The van der Waals surface area contributed by atoms with E-state index >= 15 is 0 Å². The molecule has 3 rings (SSSR count). The van der Waals surface area contributed by atoms with Crippen LogP contribution in [0.15, 0.2) is 65.6 Å². The highest BCUT2D eigenvalue weighted by Gasteiger charge is 2.25. The Balaban J connectivity index is 2.14. The average molecular weight is 360 g/mol. The first-order chi connectivity index (χ1) is 11.4. The highest BCUT2D eigenvalue weighted by Crippen LogP contribution is 2.30. The summed E-state index contributed by atoms with van der Waals surface area (Å²) in [7, 11) is -3.66. The van der Waals surface area contributed by atoms with E-state index in [4.69, 9.17) is 11.6 Å². The molecule has 0 fully saturated rings. The Kier molecular flexibility index (Phi) is 4.52. The summed E-state index contributed by atoms with van der Waals surface area (Å²) in [5, 5.41) is 2.43. The smallest absolute Gasteiger partial charge is 0.264 e. The van der Waals surface area contributed by atoms with E-state index in [1.807, 2.05) is 50.2 Å². The second kappa shape index (κ2) is 6.46. The van der Waals surface area contributed by atoms with Crippen LogP contribution >= 0.6 is 11.6 Å². The highest BCUT2D eigenvalue weighted by molar-refractivity contribution is 7.92. The molecule has 5 heteroatoms. The van der Waals surface area contributed by atoms with Crippen LogP contribution in [0.1, 0.15) is 12.5 Å². The molecule has 3 aromatic rings. The van der Waals surface area contributed by atoms with Crippen LogP contribution in [0.25, 0.3) is 10.8 Å². The van der Waals surface area contributed by atoms with Crippen LogP contribution in [-0.2, 0) is 10.0 Å². The van der Waals surface area contributed by atoms with Crippen molar-refractivity contribution in [3.05, 3.63) is 71.2 Å². The molecule has 124 valence electrons. The topological polar surface area (TPSA) is 37.4 Å². The van der Waals surface area contributed by atoms with E-state index < -0.39 is 10.0 Å². The molecular weight excluding hydrogens is 342 g/mol. The van der Waals surface area contributed by atoms with Crippen molar-refractivity contribution in [1.82, 2.24) is 0 Å². The van der Waals surface area contributed by atoms with Gasteiger partial charge in [0.25, 0.3) is 10.0 Å². The zero-order valence-corrected chi connectivity index (χ0v) is 15.1. The van der Waals surface area contributed by atoms with Crippen LogP contribution in [0.3, 0.4) is 0 Å². The molecule has 0 heterocycles. The van der Waals surface area contributed by atoms with Gasteiger partial charge in [-0.3, -0.25) is 4.31 Å². The van der Waals surface area contributed by atoms with Gasteiger partial charge in [0.1, 0.15) is 0 Å². The predicted octanol–water partition coefficient (Wildman–Crippen LogP) is 5.02. The number of rotatable bonds is 4. The largest absolute Gasteiger partial charge is 0.266 e. The summed E-state index contributed by atoms with van der Waals surface area (Å²) >= 11 is 6.07. The third-order valence-electron chi connectivity index (χ3n) is 4.04. The Morgan fingerprint density at radius 1 is 0.958 bits per heavy atom. The first-order valence-corrected chi connectivity index (χ1v) is 9.53. The Hall–Kier alpha value is -2.04. The fraction of sp³-hybridized carbons (Fsp3) is 0.158. The molecule has 0 saturated carbocycles. The van der Waals surface area contributed by atoms with Crippen LogP contribution in [0.2, 0.25) is 5.02 Å². The molecular formula is C19H18ClNO2S. The monoisotopic (exact) mass is 359 g/mol. The molecule has 0 aliphatic rings. The van der Waals surface area contributed by atoms with Crippen molar-refractivity contribution in [2.24, 2.45) is 0 Å². The van der Waals surface area contributed by atoms with E-state index in [0.29, 0.717) is 17.3 Å². The maximum absolute atomic E-state index is 13.2. The summed E-state index contributed by atoms with van der Waals surface area (Å²) in [6.45, 7) is 4.03. The second-order valence-electron chi connectivity index (χ2n) is 5.61. The van der Waals surface area contributed by atoms with Crippen molar-refractivity contribution >= 4 is 38.1 Å². The molecule has 0 bridgehead atoms. The molecule has 0 unspecified atom stereocenters. The molecule has 0 spiro atoms. The minimum Gasteiger partial charge on any atom is -0.266 e. The molecule has 0 amide bonds. The fourth-order valence-corrected chi connectivity index (χ4v) is 4.51. The quantitative estimate of drug-likeness (QED) is 0.656. The van der Waals surface area contributed by atoms with Crippen molar-refractivity contribution in [1.29, 1.82) is 0 Å². The number of fused-ring (bicyclic) bond motifs is 1. The molecule has 24 heavy (non-hydrogen) atoms. The molecule has 0 radical (unpaired) electrons. The lowest BCUT2D eigenvalue weighted by Crippen LogP contribution is -2.31. The van der Waals surface area contributed by atoms with Crippen LogP contribution in [0.4, 0.5) is 5.69 Å². The summed E-state index contributed by atoms with van der Waals surface area (Å²) in [5.41, 5.74) is 1.48. The van der Waals surface area contributed by atoms with E-state index in [2.05, 4.69) is 0 Å². The Morgan fingerprint density at radius 3 is 2.38 bits per heavy atom. The highest BCUT2D eigenvalue weighted by atomic mass is 35.5. The standard InChI is InChI=1S/C19H18ClNO2S/c1-3-21(19-13-17(20)10-8-14(19)2)24(22,23)18-11-9-15-6-4-5-7-16(15)12-18/h4-13H,3H2,1-2H3. The van der Waals surface area contributed by atoms with E-state index in [0.717, 1.165) is 16.3 Å². The number of nitrogens with zero attached hydrogens (tertiary/aromatic N) is 1. The summed E-state index contributed by atoms with van der Waals surface area (Å²) in [4.78, 5) is 0.280. The lowest BCUT2D eigenvalue weighted by molar-refractivity contribution is 0.592. The van der Waals surface area contributed by atoms with Gasteiger partial charge in [0.15, 0.2) is 0 Å². The van der Waals surface area contributed by atoms with Gasteiger partial charge < -0.3 is 0 Å². The van der Waals surface area contributed by atoms with Crippen molar-refractivity contribution < 1.29 is 8.42 Å². The summed E-state index contributed by atoms with van der Waals surface area (Å²) in [6, 6.07) is 18.2. The Labute approximate surface area is 147 Å². The van der Waals surface area contributed by atoms with Crippen molar-refractivity contribution in [2.45, 2.75) is 18.7 Å². The molecule has 0 atom stereocenters. The third-order valence-corrected chi connectivity index (χ3v) is 6.16. The number of hydrogen-bond donors (Lipinski definition) is 0. The van der Waals surface area contributed by atoms with E-state index in [-0.39, 0.29) is 4.90 Å². The predicted molar refractivity (Wildman–Crippen MR) is 100 cm³/mol. The normalized spacial score (nSPS) is 11.6.